The zero-order valence-corrected chi connectivity index (χ0v) is 8.43. The number of hydrogen-bond acceptors (Lipinski definition) is 2. The van der Waals surface area contributed by atoms with Gasteiger partial charge in [-0.25, -0.2) is 4.39 Å². The molecule has 0 spiro atoms. The highest BCUT2D eigenvalue weighted by atomic mass is 19.1. The maximum absolute atomic E-state index is 13.7. The number of ether oxygens (including phenoxy) is 1. The first-order valence-electron chi connectivity index (χ1n) is 4.77. The van der Waals surface area contributed by atoms with Crippen LogP contribution in [-0.4, -0.2) is 20.2 Å². The second-order valence-corrected chi connectivity index (χ2v) is 3.72. The summed E-state index contributed by atoms with van der Waals surface area (Å²) in [4.78, 5) is 0. The van der Waals surface area contributed by atoms with Gasteiger partial charge in [-0.3, -0.25) is 0 Å². The number of methoxy groups -OCH3 is 1. The molecule has 1 N–H and O–H groups in total. The Morgan fingerprint density at radius 1 is 1.43 bits per heavy atom. The summed E-state index contributed by atoms with van der Waals surface area (Å²) in [5.41, 5.74) is 1.62. The molecule has 0 amide bonds. The third-order valence-corrected chi connectivity index (χ3v) is 2.65. The first-order valence-corrected chi connectivity index (χ1v) is 4.77. The molecule has 3 heteroatoms. The van der Waals surface area contributed by atoms with Gasteiger partial charge in [0.15, 0.2) is 0 Å². The van der Waals surface area contributed by atoms with Crippen molar-refractivity contribution in [1.82, 2.24) is 5.32 Å². The number of benzene rings is 1. The van der Waals surface area contributed by atoms with Crippen molar-refractivity contribution in [2.45, 2.75) is 12.8 Å². The van der Waals surface area contributed by atoms with Gasteiger partial charge in [-0.2, -0.15) is 0 Å². The van der Waals surface area contributed by atoms with Crippen LogP contribution in [0.3, 0.4) is 0 Å². The summed E-state index contributed by atoms with van der Waals surface area (Å²) in [6.45, 7) is 3.56. The van der Waals surface area contributed by atoms with Gasteiger partial charge in [0.1, 0.15) is 11.6 Å². The topological polar surface area (TPSA) is 21.3 Å². The van der Waals surface area contributed by atoms with Crippen molar-refractivity contribution in [2.75, 3.05) is 20.2 Å². The summed E-state index contributed by atoms with van der Waals surface area (Å²) in [7, 11) is 1.59. The van der Waals surface area contributed by atoms with E-state index in [1.54, 1.807) is 13.2 Å². The maximum atomic E-state index is 13.7. The summed E-state index contributed by atoms with van der Waals surface area (Å²) in [6, 6.07) is 3.45. The summed E-state index contributed by atoms with van der Waals surface area (Å²) < 4.78 is 18.9. The van der Waals surface area contributed by atoms with Crippen molar-refractivity contribution < 1.29 is 9.13 Å². The molecule has 1 heterocycles. The third kappa shape index (κ3) is 1.48. The Labute approximate surface area is 83.1 Å². The highest BCUT2D eigenvalue weighted by molar-refractivity contribution is 5.42. The lowest BCUT2D eigenvalue weighted by Crippen LogP contribution is -2.40. The Balaban J connectivity index is 2.44. The van der Waals surface area contributed by atoms with Gasteiger partial charge in [-0.05, 0) is 24.6 Å². The molecule has 1 aliphatic heterocycles. The van der Waals surface area contributed by atoms with E-state index < -0.39 is 0 Å². The molecule has 0 unspecified atom stereocenters. The molecule has 1 aliphatic rings. The monoisotopic (exact) mass is 195 g/mol. The van der Waals surface area contributed by atoms with Crippen LogP contribution in [-0.2, 0) is 0 Å². The molecular formula is C11H14FNO. The molecule has 1 aromatic rings. The summed E-state index contributed by atoms with van der Waals surface area (Å²) in [5, 5.41) is 3.13. The average Bonchev–Trinajstić information content (AvgIpc) is 2.05. The van der Waals surface area contributed by atoms with Crippen molar-refractivity contribution >= 4 is 0 Å². The van der Waals surface area contributed by atoms with E-state index in [4.69, 9.17) is 4.74 Å². The van der Waals surface area contributed by atoms with Crippen molar-refractivity contribution in [1.29, 1.82) is 0 Å². The second-order valence-electron chi connectivity index (χ2n) is 3.72. The highest BCUT2D eigenvalue weighted by Crippen LogP contribution is 2.32. The molecule has 0 atom stereocenters. The van der Waals surface area contributed by atoms with Crippen LogP contribution < -0.4 is 10.1 Å². The van der Waals surface area contributed by atoms with Gasteiger partial charge in [0.05, 0.1) is 7.11 Å². The lowest BCUT2D eigenvalue weighted by Gasteiger charge is -2.29. The van der Waals surface area contributed by atoms with Crippen molar-refractivity contribution in [3.05, 3.63) is 29.1 Å². The van der Waals surface area contributed by atoms with E-state index in [0.29, 0.717) is 5.75 Å². The van der Waals surface area contributed by atoms with E-state index in [9.17, 15) is 4.39 Å². The SMILES string of the molecule is COc1cc(C)cc(F)c1C1CNC1. The van der Waals surface area contributed by atoms with Gasteiger partial charge >= 0.3 is 0 Å². The minimum Gasteiger partial charge on any atom is -0.496 e. The average molecular weight is 195 g/mol. The van der Waals surface area contributed by atoms with Crippen LogP contribution in [0.5, 0.6) is 5.75 Å². The van der Waals surface area contributed by atoms with E-state index in [2.05, 4.69) is 5.32 Å². The van der Waals surface area contributed by atoms with Gasteiger partial charge in [-0.15, -0.1) is 0 Å². The van der Waals surface area contributed by atoms with Crippen LogP contribution in [0.1, 0.15) is 17.0 Å². The predicted octanol–water partition coefficient (Wildman–Crippen LogP) is 1.83. The number of aryl methyl sites for hydroxylation is 1. The summed E-state index contributed by atoms with van der Waals surface area (Å²) >= 11 is 0. The molecule has 76 valence electrons. The highest BCUT2D eigenvalue weighted by Gasteiger charge is 2.25. The predicted molar refractivity (Wildman–Crippen MR) is 53.3 cm³/mol. The number of rotatable bonds is 2. The van der Waals surface area contributed by atoms with Gasteiger partial charge in [0, 0.05) is 24.6 Å². The molecule has 0 aromatic heterocycles. The largest absolute Gasteiger partial charge is 0.496 e. The van der Waals surface area contributed by atoms with Gasteiger partial charge in [-0.1, -0.05) is 0 Å². The molecule has 2 rings (SSSR count). The molecule has 2 nitrogen and oxygen atoms in total. The lowest BCUT2D eigenvalue weighted by molar-refractivity contribution is 0.373. The fraction of sp³-hybridized carbons (Fsp3) is 0.455. The Kier molecular flexibility index (Phi) is 2.42. The standard InChI is InChI=1S/C11H14FNO/c1-7-3-9(12)11(8-5-13-6-8)10(4-7)14-2/h3-4,8,13H,5-6H2,1-2H3. The number of hydrogen-bond donors (Lipinski definition) is 1. The van der Waals surface area contributed by atoms with Crippen LogP contribution in [0.15, 0.2) is 12.1 Å². The van der Waals surface area contributed by atoms with Gasteiger partial charge in [0.2, 0.25) is 0 Å². The van der Waals surface area contributed by atoms with Crippen LogP contribution in [0, 0.1) is 12.7 Å². The normalized spacial score (nSPS) is 16.5. The summed E-state index contributed by atoms with van der Waals surface area (Å²) in [5.74, 6) is 0.799. The van der Waals surface area contributed by atoms with Crippen LogP contribution in [0.2, 0.25) is 0 Å². The lowest BCUT2D eigenvalue weighted by atomic mass is 9.91. The minimum atomic E-state index is -0.145. The number of nitrogens with one attached hydrogen (secondary N) is 1. The molecule has 1 aromatic carbocycles. The maximum Gasteiger partial charge on any atom is 0.130 e. The molecule has 1 fully saturated rings. The van der Waals surface area contributed by atoms with E-state index in [-0.39, 0.29) is 11.7 Å². The fourth-order valence-corrected chi connectivity index (χ4v) is 1.78. The minimum absolute atomic E-state index is 0.145. The molecule has 0 saturated carbocycles. The molecule has 14 heavy (non-hydrogen) atoms. The van der Waals surface area contributed by atoms with E-state index in [0.717, 1.165) is 24.2 Å². The molecule has 1 saturated heterocycles. The Morgan fingerprint density at radius 3 is 2.64 bits per heavy atom. The number of halogens is 1. The molecule has 0 bridgehead atoms. The van der Waals surface area contributed by atoms with E-state index in [1.165, 1.54) is 0 Å². The van der Waals surface area contributed by atoms with Crippen molar-refractivity contribution in [3.8, 4) is 5.75 Å². The van der Waals surface area contributed by atoms with Crippen LogP contribution in [0.4, 0.5) is 4.39 Å². The first kappa shape index (κ1) is 9.46. The quantitative estimate of drug-likeness (QED) is 0.777. The molecule has 0 aliphatic carbocycles. The Morgan fingerprint density at radius 2 is 2.14 bits per heavy atom. The van der Waals surface area contributed by atoms with Gasteiger partial charge < -0.3 is 10.1 Å². The molecular weight excluding hydrogens is 181 g/mol. The zero-order chi connectivity index (χ0) is 10.1. The van der Waals surface area contributed by atoms with Gasteiger partial charge in [0.25, 0.3) is 0 Å². The second kappa shape index (κ2) is 3.58. The smallest absolute Gasteiger partial charge is 0.130 e. The van der Waals surface area contributed by atoms with Crippen LogP contribution >= 0.6 is 0 Å². The van der Waals surface area contributed by atoms with Crippen LogP contribution in [0.25, 0.3) is 0 Å². The zero-order valence-electron chi connectivity index (χ0n) is 8.43. The van der Waals surface area contributed by atoms with E-state index >= 15 is 0 Å². The summed E-state index contributed by atoms with van der Waals surface area (Å²) in [6.07, 6.45) is 0. The molecule has 0 radical (unpaired) electrons. The van der Waals surface area contributed by atoms with Crippen molar-refractivity contribution in [2.24, 2.45) is 0 Å². The Bertz CT molecular complexity index is 347. The fourth-order valence-electron chi connectivity index (χ4n) is 1.78. The first-order chi connectivity index (χ1) is 6.72. The van der Waals surface area contributed by atoms with E-state index in [1.807, 2.05) is 13.0 Å². The van der Waals surface area contributed by atoms with Crippen molar-refractivity contribution in [3.63, 3.8) is 0 Å². The third-order valence-electron chi connectivity index (χ3n) is 2.65. The Hall–Kier alpha value is -1.09.